The maximum Gasteiger partial charge on any atom is 0.243 e. The Bertz CT molecular complexity index is 1070. The van der Waals surface area contributed by atoms with E-state index in [9.17, 15) is 9.59 Å². The SMILES string of the molecule is Cc1ccc(SCC(=O)N(Cc2ccc(Cl)cc2)C(Cc2ccccc2)C(=O)NC(C)C)cc1. The van der Waals surface area contributed by atoms with Crippen LogP contribution in [0, 0.1) is 6.92 Å². The maximum absolute atomic E-state index is 13.6. The van der Waals surface area contributed by atoms with Gasteiger partial charge in [0.2, 0.25) is 11.8 Å². The molecule has 0 heterocycles. The predicted octanol–water partition coefficient (Wildman–Crippen LogP) is 5.91. The second kappa shape index (κ2) is 12.6. The molecule has 0 aromatic heterocycles. The summed E-state index contributed by atoms with van der Waals surface area (Å²) in [5.74, 6) is 0.0125. The number of hydrogen-bond donors (Lipinski definition) is 1. The predicted molar refractivity (Wildman–Crippen MR) is 141 cm³/mol. The summed E-state index contributed by atoms with van der Waals surface area (Å²) in [6.07, 6.45) is 0.438. The van der Waals surface area contributed by atoms with Crippen LogP contribution >= 0.6 is 23.4 Å². The average molecular weight is 495 g/mol. The van der Waals surface area contributed by atoms with Crippen LogP contribution in [0.15, 0.2) is 83.8 Å². The zero-order chi connectivity index (χ0) is 24.5. The second-order valence-corrected chi connectivity index (χ2v) is 10.1. The van der Waals surface area contributed by atoms with Crippen LogP contribution in [0.2, 0.25) is 5.02 Å². The van der Waals surface area contributed by atoms with E-state index in [1.165, 1.54) is 17.3 Å². The fraction of sp³-hybridized carbons (Fsp3) is 0.286. The van der Waals surface area contributed by atoms with E-state index in [4.69, 9.17) is 11.6 Å². The van der Waals surface area contributed by atoms with Gasteiger partial charge in [0, 0.05) is 28.9 Å². The van der Waals surface area contributed by atoms with E-state index in [0.717, 1.165) is 16.0 Å². The highest BCUT2D eigenvalue weighted by Crippen LogP contribution is 2.22. The summed E-state index contributed by atoms with van der Waals surface area (Å²) < 4.78 is 0. The van der Waals surface area contributed by atoms with Crippen LogP contribution in [0.1, 0.15) is 30.5 Å². The molecule has 0 aliphatic rings. The molecular formula is C28H31ClN2O2S. The summed E-state index contributed by atoms with van der Waals surface area (Å²) in [5, 5.41) is 3.65. The van der Waals surface area contributed by atoms with E-state index >= 15 is 0 Å². The van der Waals surface area contributed by atoms with Gasteiger partial charge in [-0.3, -0.25) is 9.59 Å². The fourth-order valence-corrected chi connectivity index (χ4v) is 4.49. The molecule has 178 valence electrons. The Kier molecular flexibility index (Phi) is 9.61. The molecule has 34 heavy (non-hydrogen) atoms. The number of carbonyl (C=O) groups is 2. The van der Waals surface area contributed by atoms with Crippen LogP contribution in [-0.2, 0) is 22.6 Å². The van der Waals surface area contributed by atoms with E-state index < -0.39 is 6.04 Å². The lowest BCUT2D eigenvalue weighted by Crippen LogP contribution is -2.52. The molecular weight excluding hydrogens is 464 g/mol. The first-order valence-electron chi connectivity index (χ1n) is 11.4. The molecule has 0 radical (unpaired) electrons. The first-order chi connectivity index (χ1) is 16.3. The molecule has 0 aliphatic carbocycles. The number of thioether (sulfide) groups is 1. The Hall–Kier alpha value is -2.76. The number of hydrogen-bond acceptors (Lipinski definition) is 3. The number of aryl methyl sites for hydroxylation is 1. The van der Waals surface area contributed by atoms with Gasteiger partial charge < -0.3 is 10.2 Å². The summed E-state index contributed by atoms with van der Waals surface area (Å²) >= 11 is 7.55. The molecule has 3 aromatic carbocycles. The Labute approximate surface area is 211 Å². The van der Waals surface area contributed by atoms with Crippen LogP contribution in [0.3, 0.4) is 0 Å². The number of halogens is 1. The van der Waals surface area contributed by atoms with Crippen LogP contribution < -0.4 is 5.32 Å². The lowest BCUT2D eigenvalue weighted by molar-refractivity contribution is -0.139. The van der Waals surface area contributed by atoms with Gasteiger partial charge in [0.1, 0.15) is 6.04 Å². The van der Waals surface area contributed by atoms with Gasteiger partial charge in [0.25, 0.3) is 0 Å². The first-order valence-corrected chi connectivity index (χ1v) is 12.8. The van der Waals surface area contributed by atoms with Gasteiger partial charge in [-0.05, 0) is 56.2 Å². The minimum Gasteiger partial charge on any atom is -0.352 e. The van der Waals surface area contributed by atoms with Crippen molar-refractivity contribution in [1.82, 2.24) is 10.2 Å². The van der Waals surface area contributed by atoms with Crippen molar-refractivity contribution in [3.63, 3.8) is 0 Å². The summed E-state index contributed by atoms with van der Waals surface area (Å²) in [6.45, 7) is 6.22. The van der Waals surface area contributed by atoms with Gasteiger partial charge in [0.05, 0.1) is 5.75 Å². The Morgan fingerprint density at radius 3 is 2.18 bits per heavy atom. The molecule has 3 aromatic rings. The van der Waals surface area contributed by atoms with E-state index in [2.05, 4.69) is 5.32 Å². The van der Waals surface area contributed by atoms with E-state index in [1.807, 2.05) is 87.5 Å². The average Bonchev–Trinajstić information content (AvgIpc) is 2.82. The van der Waals surface area contributed by atoms with E-state index in [0.29, 0.717) is 18.0 Å². The smallest absolute Gasteiger partial charge is 0.243 e. The maximum atomic E-state index is 13.6. The van der Waals surface area contributed by atoms with Gasteiger partial charge in [-0.1, -0.05) is 71.8 Å². The number of rotatable bonds is 10. The summed E-state index contributed by atoms with van der Waals surface area (Å²) in [5.41, 5.74) is 3.10. The van der Waals surface area contributed by atoms with E-state index in [-0.39, 0.29) is 23.6 Å². The molecule has 0 fully saturated rings. The zero-order valence-electron chi connectivity index (χ0n) is 19.8. The highest BCUT2D eigenvalue weighted by molar-refractivity contribution is 8.00. The lowest BCUT2D eigenvalue weighted by Gasteiger charge is -2.32. The Morgan fingerprint density at radius 2 is 1.56 bits per heavy atom. The molecule has 3 rings (SSSR count). The molecule has 1 atom stereocenters. The standard InChI is InChI=1S/C28H31ClN2O2S/c1-20(2)30-28(33)26(17-22-7-5-4-6-8-22)31(18-23-11-13-24(29)14-12-23)27(32)19-34-25-15-9-21(3)10-16-25/h4-16,20,26H,17-19H2,1-3H3,(H,30,33). The number of nitrogens with one attached hydrogen (secondary N) is 1. The largest absolute Gasteiger partial charge is 0.352 e. The molecule has 0 saturated carbocycles. The minimum atomic E-state index is -0.633. The van der Waals surface area contributed by atoms with Crippen molar-refractivity contribution in [3.8, 4) is 0 Å². The number of benzene rings is 3. The third-order valence-electron chi connectivity index (χ3n) is 5.35. The highest BCUT2D eigenvalue weighted by Gasteiger charge is 2.30. The van der Waals surface area contributed by atoms with Crippen LogP contribution in [0.25, 0.3) is 0 Å². The number of carbonyl (C=O) groups excluding carboxylic acids is 2. The molecule has 1 unspecified atom stereocenters. The first kappa shape index (κ1) is 25.9. The summed E-state index contributed by atoms with van der Waals surface area (Å²) in [4.78, 5) is 29.6. The number of nitrogens with zero attached hydrogens (tertiary/aromatic N) is 1. The third-order valence-corrected chi connectivity index (χ3v) is 6.60. The molecule has 0 bridgehead atoms. The fourth-order valence-electron chi connectivity index (χ4n) is 3.58. The van der Waals surface area contributed by atoms with Crippen molar-refractivity contribution in [2.24, 2.45) is 0 Å². The normalized spacial score (nSPS) is 11.8. The molecule has 2 amide bonds. The van der Waals surface area contributed by atoms with Gasteiger partial charge >= 0.3 is 0 Å². The van der Waals surface area contributed by atoms with Crippen molar-refractivity contribution in [2.75, 3.05) is 5.75 Å². The molecule has 0 spiro atoms. The van der Waals surface area contributed by atoms with Gasteiger partial charge in [-0.25, -0.2) is 0 Å². The Morgan fingerprint density at radius 1 is 0.912 bits per heavy atom. The van der Waals surface area contributed by atoms with Crippen LogP contribution in [-0.4, -0.2) is 34.6 Å². The van der Waals surface area contributed by atoms with Crippen LogP contribution in [0.5, 0.6) is 0 Å². The molecule has 1 N–H and O–H groups in total. The second-order valence-electron chi connectivity index (χ2n) is 8.62. The molecule has 0 saturated heterocycles. The van der Waals surface area contributed by atoms with Crippen molar-refractivity contribution in [3.05, 3.63) is 101 Å². The van der Waals surface area contributed by atoms with Crippen molar-refractivity contribution < 1.29 is 9.59 Å². The quantitative estimate of drug-likeness (QED) is 0.357. The van der Waals surface area contributed by atoms with Crippen molar-refractivity contribution in [1.29, 1.82) is 0 Å². The number of amides is 2. The molecule has 6 heteroatoms. The summed E-state index contributed by atoms with van der Waals surface area (Å²) in [6, 6.07) is 24.7. The van der Waals surface area contributed by atoms with Gasteiger partial charge in [-0.15, -0.1) is 11.8 Å². The minimum absolute atomic E-state index is 0.0276. The van der Waals surface area contributed by atoms with Gasteiger partial charge in [-0.2, -0.15) is 0 Å². The monoisotopic (exact) mass is 494 g/mol. The summed E-state index contributed by atoms with van der Waals surface area (Å²) in [7, 11) is 0. The van der Waals surface area contributed by atoms with Crippen LogP contribution in [0.4, 0.5) is 0 Å². The third kappa shape index (κ3) is 7.93. The lowest BCUT2D eigenvalue weighted by atomic mass is 10.0. The highest BCUT2D eigenvalue weighted by atomic mass is 35.5. The van der Waals surface area contributed by atoms with E-state index in [1.54, 1.807) is 17.0 Å². The van der Waals surface area contributed by atoms with Gasteiger partial charge in [0.15, 0.2) is 0 Å². The van der Waals surface area contributed by atoms with Crippen molar-refractivity contribution >= 4 is 35.2 Å². The zero-order valence-corrected chi connectivity index (χ0v) is 21.4. The Balaban J connectivity index is 1.89. The molecule has 4 nitrogen and oxygen atoms in total. The van der Waals surface area contributed by atoms with Crippen molar-refractivity contribution in [2.45, 2.75) is 50.7 Å². The molecule has 0 aliphatic heterocycles. The topological polar surface area (TPSA) is 49.4 Å².